The number of rotatable bonds is 0. The van der Waals surface area contributed by atoms with E-state index in [2.05, 4.69) is 130 Å². The van der Waals surface area contributed by atoms with E-state index in [0.29, 0.717) is 5.69 Å². The Morgan fingerprint density at radius 2 is 1.05 bits per heavy atom. The molecule has 60 heavy (non-hydrogen) atoms. The molecule has 0 atom stereocenters. The summed E-state index contributed by atoms with van der Waals surface area (Å²) in [4.78, 5) is 28.9. The third-order valence-corrected chi connectivity index (χ3v) is 9.32. The van der Waals surface area contributed by atoms with Crippen LogP contribution in [0, 0.1) is 17.0 Å². The Kier molecular flexibility index (Phi) is 20.9. The Hall–Kier alpha value is -4.57. The minimum Gasteiger partial charge on any atom is -0.265 e. The average Bonchev–Trinajstić information content (AvgIpc) is 3.89. The van der Waals surface area contributed by atoms with Crippen LogP contribution in [0.15, 0.2) is 108 Å². The number of nitrogens with zero attached hydrogens (tertiary/aromatic N) is 7. The molecule has 0 unspecified atom stereocenters. The molecule has 0 aliphatic carbocycles. The fourth-order valence-corrected chi connectivity index (χ4v) is 5.44. The maximum absolute atomic E-state index is 13.0. The van der Waals surface area contributed by atoms with Gasteiger partial charge >= 0.3 is 0 Å². The van der Waals surface area contributed by atoms with E-state index in [1.165, 1.54) is 29.0 Å². The van der Waals surface area contributed by atoms with E-state index in [-0.39, 0.29) is 44.1 Å². The van der Waals surface area contributed by atoms with Crippen molar-refractivity contribution in [3.63, 3.8) is 0 Å². The lowest BCUT2D eigenvalue weighted by molar-refractivity contribution is 0.500. The van der Waals surface area contributed by atoms with Crippen LogP contribution >= 0.6 is 11.3 Å². The first-order chi connectivity index (χ1) is 27.4. The van der Waals surface area contributed by atoms with Crippen LogP contribution in [0.2, 0.25) is 0 Å². The molecular formula is C50H73F2N7S. The largest absolute Gasteiger partial charge is 0.265 e. The van der Waals surface area contributed by atoms with Gasteiger partial charge in [-0.25, -0.2) is 23.7 Å². The number of hydrogen-bond donors (Lipinski definition) is 0. The van der Waals surface area contributed by atoms with Crippen molar-refractivity contribution in [1.82, 2.24) is 29.9 Å². The van der Waals surface area contributed by atoms with E-state index in [0.717, 1.165) is 23.6 Å². The molecule has 5 aromatic rings. The first kappa shape index (κ1) is 53.4. The molecule has 0 aromatic carbocycles. The van der Waals surface area contributed by atoms with Crippen molar-refractivity contribution in [2.75, 3.05) is 0 Å². The molecule has 6 heterocycles. The first-order valence-corrected chi connectivity index (χ1v) is 21.4. The van der Waals surface area contributed by atoms with Crippen molar-refractivity contribution in [3.8, 4) is 0 Å². The summed E-state index contributed by atoms with van der Waals surface area (Å²) in [6.45, 7) is 37.8. The molecule has 328 valence electrons. The van der Waals surface area contributed by atoms with E-state index in [9.17, 15) is 8.78 Å². The van der Waals surface area contributed by atoms with Crippen LogP contribution in [0.1, 0.15) is 159 Å². The molecule has 7 nitrogen and oxygen atoms in total. The summed E-state index contributed by atoms with van der Waals surface area (Å²) in [5.41, 5.74) is 4.35. The van der Waals surface area contributed by atoms with E-state index in [1.807, 2.05) is 83.7 Å². The van der Waals surface area contributed by atoms with Gasteiger partial charge < -0.3 is 0 Å². The van der Waals surface area contributed by atoms with Crippen LogP contribution in [-0.2, 0) is 27.1 Å². The Morgan fingerprint density at radius 3 is 1.35 bits per heavy atom. The van der Waals surface area contributed by atoms with Gasteiger partial charge in [0.05, 0.1) is 16.9 Å². The highest BCUT2D eigenvalue weighted by Gasteiger charge is 2.20. The fraction of sp³-hybridized carbons (Fsp3) is 0.500. The highest BCUT2D eigenvalue weighted by Crippen LogP contribution is 2.28. The van der Waals surface area contributed by atoms with Gasteiger partial charge in [0.25, 0.3) is 0 Å². The Bertz CT molecular complexity index is 1920. The summed E-state index contributed by atoms with van der Waals surface area (Å²) < 4.78 is 25.4. The Morgan fingerprint density at radius 1 is 0.483 bits per heavy atom. The smallest absolute Gasteiger partial charge is 0.145 e. The number of halogens is 2. The molecule has 0 saturated heterocycles. The highest BCUT2D eigenvalue weighted by molar-refractivity contribution is 7.09. The SMILES string of the molecule is CC(C)(C)C1=CCC=N1.CC(C)(C)c1ccc(F)cn1.CC(C)(C)c1ccccn1.CC(C)(C)c1ncccc1F.CC(C)(C)c1ncccn1.CC(C)(C)c1nccs1. The second-order valence-electron chi connectivity index (χ2n) is 20.5. The molecule has 0 radical (unpaired) electrons. The predicted octanol–water partition coefficient (Wildman–Crippen LogP) is 14.0. The number of aliphatic imine (C=N–C) groups is 1. The van der Waals surface area contributed by atoms with E-state index >= 15 is 0 Å². The van der Waals surface area contributed by atoms with E-state index in [1.54, 1.807) is 42.1 Å². The summed E-state index contributed by atoms with van der Waals surface area (Å²) in [6, 6.07) is 14.0. The second kappa shape index (κ2) is 23.4. The first-order valence-electron chi connectivity index (χ1n) is 20.5. The van der Waals surface area contributed by atoms with Crippen LogP contribution in [0.5, 0.6) is 0 Å². The third-order valence-electron chi connectivity index (χ3n) is 8.12. The topological polar surface area (TPSA) is 89.7 Å². The molecule has 0 spiro atoms. The lowest BCUT2D eigenvalue weighted by atomic mass is 9.91. The number of hydrogen-bond acceptors (Lipinski definition) is 8. The van der Waals surface area contributed by atoms with Gasteiger partial charge in [-0.3, -0.25) is 19.9 Å². The van der Waals surface area contributed by atoms with Gasteiger partial charge in [0.1, 0.15) is 17.5 Å². The maximum atomic E-state index is 13.0. The Balaban J connectivity index is 0.000000361. The third kappa shape index (κ3) is 21.6. The summed E-state index contributed by atoms with van der Waals surface area (Å²) >= 11 is 1.72. The highest BCUT2D eigenvalue weighted by atomic mass is 32.1. The van der Waals surface area contributed by atoms with Crippen molar-refractivity contribution in [1.29, 1.82) is 0 Å². The summed E-state index contributed by atoms with van der Waals surface area (Å²) in [7, 11) is 0. The van der Waals surface area contributed by atoms with Crippen LogP contribution in [0.3, 0.4) is 0 Å². The van der Waals surface area contributed by atoms with E-state index in [4.69, 9.17) is 0 Å². The zero-order chi connectivity index (χ0) is 46.0. The van der Waals surface area contributed by atoms with Crippen molar-refractivity contribution in [2.24, 2.45) is 10.4 Å². The van der Waals surface area contributed by atoms with Crippen LogP contribution in [0.25, 0.3) is 0 Å². The van der Waals surface area contributed by atoms with Gasteiger partial charge in [0.2, 0.25) is 0 Å². The molecule has 0 N–H and O–H groups in total. The minimum absolute atomic E-state index is 0.00764. The standard InChI is InChI=1S/2C9H12FN.C9H13N.C8H12N2.C8H13N.C7H11NS/c1-9(2,3)8-5-4-7(10)6-11-8;1-9(2,3)8-7(10)5-4-6-11-8;1-9(2,3)8-6-4-5-7-10-8;1-8(2,3)7-9-5-4-6-10-7;1-8(2,3)7-5-4-6-9-7;1-7(2,3)6-8-4-5-9-6/h2*4-6H,1-3H3;4-7H,1-3H3;4-6H,1-3H3;5-6H,4H2,1-3H3;4-5H,1-3H3. The van der Waals surface area contributed by atoms with Crippen molar-refractivity contribution in [3.05, 3.63) is 142 Å². The zero-order valence-electron chi connectivity index (χ0n) is 39.8. The molecule has 0 bridgehead atoms. The summed E-state index contributed by atoms with van der Waals surface area (Å²) in [5.74, 6) is 0.396. The van der Waals surface area contributed by atoms with Crippen LogP contribution in [-0.4, -0.2) is 36.1 Å². The van der Waals surface area contributed by atoms with Crippen LogP contribution < -0.4 is 0 Å². The molecule has 5 aromatic heterocycles. The lowest BCUT2D eigenvalue weighted by Crippen LogP contribution is -2.15. The predicted molar refractivity (Wildman–Crippen MR) is 251 cm³/mol. The molecule has 6 rings (SSSR count). The van der Waals surface area contributed by atoms with Gasteiger partial charge in [-0.15, -0.1) is 11.3 Å². The normalized spacial score (nSPS) is 12.6. The van der Waals surface area contributed by atoms with Gasteiger partial charge in [-0.2, -0.15) is 0 Å². The minimum atomic E-state index is -0.280. The molecule has 1 aliphatic rings. The van der Waals surface area contributed by atoms with Gasteiger partial charge in [0, 0.05) is 98.6 Å². The quantitative estimate of drug-likeness (QED) is 0.154. The van der Waals surface area contributed by atoms with Gasteiger partial charge in [-0.05, 0) is 42.5 Å². The second-order valence-corrected chi connectivity index (χ2v) is 21.4. The zero-order valence-corrected chi connectivity index (χ0v) is 40.6. The Labute approximate surface area is 365 Å². The lowest BCUT2D eigenvalue weighted by Gasteiger charge is -2.17. The number of allylic oxidation sites excluding steroid dienone is 2. The molecular weight excluding hydrogens is 769 g/mol. The number of thiazole rings is 1. The molecule has 0 amide bonds. The van der Waals surface area contributed by atoms with Crippen molar-refractivity contribution < 1.29 is 8.78 Å². The van der Waals surface area contributed by atoms with Gasteiger partial charge in [-0.1, -0.05) is 137 Å². The van der Waals surface area contributed by atoms with E-state index < -0.39 is 0 Å². The summed E-state index contributed by atoms with van der Waals surface area (Å²) in [5, 5.41) is 3.23. The average molecular weight is 842 g/mol. The van der Waals surface area contributed by atoms with Gasteiger partial charge in [0.15, 0.2) is 0 Å². The molecule has 10 heteroatoms. The monoisotopic (exact) mass is 842 g/mol. The maximum Gasteiger partial charge on any atom is 0.145 e. The summed E-state index contributed by atoms with van der Waals surface area (Å²) in [6.07, 6.45) is 15.3. The number of aromatic nitrogens is 6. The fourth-order valence-electron chi connectivity index (χ4n) is 4.71. The molecule has 0 saturated carbocycles. The van der Waals surface area contributed by atoms with Crippen LogP contribution in [0.4, 0.5) is 8.78 Å². The number of pyridine rings is 3. The molecule has 0 fully saturated rings. The molecule has 1 aliphatic heterocycles. The van der Waals surface area contributed by atoms with Crippen molar-refractivity contribution in [2.45, 2.75) is 158 Å². The van der Waals surface area contributed by atoms with Crippen molar-refractivity contribution >= 4 is 17.6 Å².